The zero-order valence-corrected chi connectivity index (χ0v) is 17.0. The Morgan fingerprint density at radius 2 is 1.69 bits per heavy atom. The maximum atomic E-state index is 12.9. The Hall–Kier alpha value is -1.36. The average Bonchev–Trinajstić information content (AvgIpc) is 2.68. The lowest BCUT2D eigenvalue weighted by Gasteiger charge is -2.38. The van der Waals surface area contributed by atoms with E-state index in [2.05, 4.69) is 15.9 Å². The number of methoxy groups -OCH3 is 1. The van der Waals surface area contributed by atoms with Crippen LogP contribution in [0.2, 0.25) is 0 Å². The summed E-state index contributed by atoms with van der Waals surface area (Å²) in [5.74, 6) is 0.574. The van der Waals surface area contributed by atoms with Crippen LogP contribution in [-0.2, 0) is 14.8 Å². The number of carbonyl (C=O) groups is 1. The molecule has 8 nitrogen and oxygen atoms in total. The van der Waals surface area contributed by atoms with E-state index in [0.717, 1.165) is 0 Å². The van der Waals surface area contributed by atoms with Gasteiger partial charge in [-0.1, -0.05) is 0 Å². The number of hydrogen-bond acceptors (Lipinski definition) is 5. The van der Waals surface area contributed by atoms with Crippen LogP contribution < -0.4 is 4.74 Å². The van der Waals surface area contributed by atoms with Crippen LogP contribution in [0.5, 0.6) is 5.75 Å². The SMILES string of the molecule is COc1ccc(S(=O)(=O)N2CCN(C(=O)N3CCOCC3)CC2)cc1Br. The summed E-state index contributed by atoms with van der Waals surface area (Å²) >= 11 is 3.32. The number of ether oxygens (including phenoxy) is 2. The third-order valence-corrected chi connectivity index (χ3v) is 7.07. The van der Waals surface area contributed by atoms with Crippen LogP contribution in [0.15, 0.2) is 27.6 Å². The highest BCUT2D eigenvalue weighted by Gasteiger charge is 2.32. The predicted octanol–water partition coefficient (Wildman–Crippen LogP) is 1.22. The Labute approximate surface area is 161 Å². The number of urea groups is 1. The van der Waals surface area contributed by atoms with Gasteiger partial charge in [-0.25, -0.2) is 13.2 Å². The van der Waals surface area contributed by atoms with Gasteiger partial charge in [0.25, 0.3) is 0 Å². The minimum absolute atomic E-state index is 0.0439. The maximum Gasteiger partial charge on any atom is 0.320 e. The minimum atomic E-state index is -3.61. The van der Waals surface area contributed by atoms with E-state index in [4.69, 9.17) is 9.47 Å². The summed E-state index contributed by atoms with van der Waals surface area (Å²) in [6.45, 7) is 3.58. The van der Waals surface area contributed by atoms with E-state index in [1.54, 1.807) is 21.9 Å². The zero-order chi connectivity index (χ0) is 18.7. The van der Waals surface area contributed by atoms with E-state index in [1.165, 1.54) is 17.5 Å². The van der Waals surface area contributed by atoms with Gasteiger partial charge in [0.2, 0.25) is 10.0 Å². The molecular formula is C16H22BrN3O5S. The van der Waals surface area contributed by atoms with E-state index in [9.17, 15) is 13.2 Å². The molecule has 0 aliphatic carbocycles. The summed E-state index contributed by atoms with van der Waals surface area (Å²) in [7, 11) is -2.08. The van der Waals surface area contributed by atoms with Gasteiger partial charge >= 0.3 is 6.03 Å². The van der Waals surface area contributed by atoms with Gasteiger partial charge in [-0.3, -0.25) is 0 Å². The first-order valence-corrected chi connectivity index (χ1v) is 10.6. The van der Waals surface area contributed by atoms with Crippen LogP contribution in [0.1, 0.15) is 0 Å². The summed E-state index contributed by atoms with van der Waals surface area (Å²) in [5, 5.41) is 0. The largest absolute Gasteiger partial charge is 0.496 e. The zero-order valence-electron chi connectivity index (χ0n) is 14.6. The standard InChI is InChI=1S/C16H22BrN3O5S/c1-24-15-3-2-13(12-14(15)17)26(22,23)20-6-4-18(5-7-20)16(21)19-8-10-25-11-9-19/h2-3,12H,4-11H2,1H3. The molecule has 2 aliphatic rings. The fourth-order valence-electron chi connectivity index (χ4n) is 3.03. The van der Waals surface area contributed by atoms with Crippen molar-refractivity contribution in [1.29, 1.82) is 0 Å². The van der Waals surface area contributed by atoms with Crippen molar-refractivity contribution < 1.29 is 22.7 Å². The Morgan fingerprint density at radius 1 is 1.08 bits per heavy atom. The van der Waals surface area contributed by atoms with E-state index >= 15 is 0 Å². The molecule has 0 saturated carbocycles. The van der Waals surface area contributed by atoms with Crippen LogP contribution >= 0.6 is 15.9 Å². The molecule has 2 amide bonds. The number of hydrogen-bond donors (Lipinski definition) is 0. The quantitative estimate of drug-likeness (QED) is 0.695. The molecule has 1 aromatic rings. The van der Waals surface area contributed by atoms with Crippen LogP contribution in [0, 0.1) is 0 Å². The molecule has 2 saturated heterocycles. The van der Waals surface area contributed by atoms with Gasteiger partial charge < -0.3 is 19.3 Å². The first-order valence-electron chi connectivity index (χ1n) is 8.39. The van der Waals surface area contributed by atoms with Gasteiger partial charge in [0.15, 0.2) is 0 Å². The molecule has 26 heavy (non-hydrogen) atoms. The molecule has 2 aliphatic heterocycles. The van der Waals surface area contributed by atoms with E-state index in [0.29, 0.717) is 49.6 Å². The van der Waals surface area contributed by atoms with Crippen molar-refractivity contribution in [2.24, 2.45) is 0 Å². The van der Waals surface area contributed by atoms with Crippen molar-refractivity contribution in [2.75, 3.05) is 59.6 Å². The van der Waals surface area contributed by atoms with Gasteiger partial charge in [0, 0.05) is 39.3 Å². The molecule has 0 unspecified atom stereocenters. The summed E-state index contributed by atoms with van der Waals surface area (Å²) in [6, 6.07) is 4.65. The predicted molar refractivity (Wildman–Crippen MR) is 98.8 cm³/mol. The number of piperazine rings is 1. The molecule has 0 N–H and O–H groups in total. The number of morpholine rings is 1. The average molecular weight is 448 g/mol. The van der Waals surface area contributed by atoms with E-state index < -0.39 is 10.0 Å². The number of benzene rings is 1. The Kier molecular flexibility index (Phi) is 6.06. The van der Waals surface area contributed by atoms with Gasteiger partial charge in [0.1, 0.15) is 5.75 Å². The molecule has 2 heterocycles. The fraction of sp³-hybridized carbons (Fsp3) is 0.562. The Morgan fingerprint density at radius 3 is 2.27 bits per heavy atom. The van der Waals surface area contributed by atoms with E-state index in [-0.39, 0.29) is 24.0 Å². The fourth-order valence-corrected chi connectivity index (χ4v) is 5.17. The summed E-state index contributed by atoms with van der Waals surface area (Å²) in [4.78, 5) is 16.2. The number of nitrogens with zero attached hydrogens (tertiary/aromatic N) is 3. The molecule has 3 rings (SSSR count). The second kappa shape index (κ2) is 8.12. The molecule has 144 valence electrons. The molecule has 0 bridgehead atoms. The summed E-state index contributed by atoms with van der Waals surface area (Å²) in [5.41, 5.74) is 0. The van der Waals surface area contributed by atoms with Crippen molar-refractivity contribution >= 4 is 32.0 Å². The third kappa shape index (κ3) is 3.98. The van der Waals surface area contributed by atoms with Crippen LogP contribution in [0.4, 0.5) is 4.79 Å². The molecule has 0 spiro atoms. The first-order chi connectivity index (χ1) is 12.4. The molecule has 0 aromatic heterocycles. The number of halogens is 1. The Bertz CT molecular complexity index is 759. The van der Waals surface area contributed by atoms with Crippen molar-refractivity contribution in [2.45, 2.75) is 4.90 Å². The third-order valence-electron chi connectivity index (χ3n) is 4.55. The van der Waals surface area contributed by atoms with E-state index in [1.807, 2.05) is 0 Å². The highest BCUT2D eigenvalue weighted by atomic mass is 79.9. The van der Waals surface area contributed by atoms with Crippen LogP contribution in [-0.4, -0.2) is 88.1 Å². The summed E-state index contributed by atoms with van der Waals surface area (Å²) in [6.07, 6.45) is 0. The minimum Gasteiger partial charge on any atom is -0.496 e. The van der Waals surface area contributed by atoms with Gasteiger partial charge in [0.05, 0.1) is 29.7 Å². The Balaban J connectivity index is 1.65. The van der Waals surface area contributed by atoms with Crippen molar-refractivity contribution in [3.8, 4) is 5.75 Å². The number of amides is 2. The van der Waals surface area contributed by atoms with Gasteiger partial charge in [-0.05, 0) is 34.1 Å². The summed E-state index contributed by atoms with van der Waals surface area (Å²) < 4.78 is 38.1. The molecule has 1 aromatic carbocycles. The normalized spacial score (nSPS) is 19.5. The van der Waals surface area contributed by atoms with Gasteiger partial charge in [-0.15, -0.1) is 0 Å². The maximum absolute atomic E-state index is 12.9. The number of sulfonamides is 1. The second-order valence-electron chi connectivity index (χ2n) is 6.07. The molecule has 10 heteroatoms. The smallest absolute Gasteiger partial charge is 0.320 e. The lowest BCUT2D eigenvalue weighted by Crippen LogP contribution is -2.55. The van der Waals surface area contributed by atoms with Crippen molar-refractivity contribution in [1.82, 2.24) is 14.1 Å². The number of rotatable bonds is 3. The topological polar surface area (TPSA) is 79.4 Å². The molecular weight excluding hydrogens is 426 g/mol. The lowest BCUT2D eigenvalue weighted by atomic mass is 10.3. The first kappa shape index (κ1) is 19.4. The highest BCUT2D eigenvalue weighted by Crippen LogP contribution is 2.29. The van der Waals surface area contributed by atoms with Crippen LogP contribution in [0.25, 0.3) is 0 Å². The monoisotopic (exact) mass is 447 g/mol. The lowest BCUT2D eigenvalue weighted by molar-refractivity contribution is 0.0405. The van der Waals surface area contributed by atoms with Crippen molar-refractivity contribution in [3.05, 3.63) is 22.7 Å². The molecule has 0 radical (unpaired) electrons. The van der Waals surface area contributed by atoms with Crippen LogP contribution in [0.3, 0.4) is 0 Å². The molecule has 0 atom stereocenters. The molecule has 2 fully saturated rings. The van der Waals surface area contributed by atoms with Gasteiger partial charge in [-0.2, -0.15) is 4.31 Å². The number of carbonyl (C=O) groups excluding carboxylic acids is 1. The highest BCUT2D eigenvalue weighted by molar-refractivity contribution is 9.10. The second-order valence-corrected chi connectivity index (χ2v) is 8.86. The van der Waals surface area contributed by atoms with Crippen molar-refractivity contribution in [3.63, 3.8) is 0 Å².